The molecule has 0 bridgehead atoms. The van der Waals surface area contributed by atoms with E-state index in [0.29, 0.717) is 11.8 Å². The van der Waals surface area contributed by atoms with Gasteiger partial charge in [-0.2, -0.15) is 0 Å². The van der Waals surface area contributed by atoms with Crippen LogP contribution in [0, 0.1) is 11.8 Å². The summed E-state index contributed by atoms with van der Waals surface area (Å²) in [7, 11) is 0. The van der Waals surface area contributed by atoms with Crippen LogP contribution >= 0.6 is 0 Å². The van der Waals surface area contributed by atoms with Gasteiger partial charge in [-0.15, -0.1) is 0 Å². The van der Waals surface area contributed by atoms with Gasteiger partial charge in [0.05, 0.1) is 12.0 Å². The molecule has 1 N–H and O–H groups in total. The molecule has 5 rings (SSSR count). The highest BCUT2D eigenvalue weighted by Gasteiger charge is 2.41. The second kappa shape index (κ2) is 5.87. The molecule has 2 atom stereocenters. The molecule has 2 aliphatic rings. The van der Waals surface area contributed by atoms with Gasteiger partial charge in [0.1, 0.15) is 24.0 Å². The summed E-state index contributed by atoms with van der Waals surface area (Å²) in [5.74, 6) is 3.25. The van der Waals surface area contributed by atoms with Crippen molar-refractivity contribution in [3.63, 3.8) is 0 Å². The molecule has 0 aromatic carbocycles. The molecule has 27 heavy (non-hydrogen) atoms. The Morgan fingerprint density at radius 1 is 0.889 bits per heavy atom. The maximum Gasteiger partial charge on any atom is 0.182 e. The van der Waals surface area contributed by atoms with Crippen molar-refractivity contribution >= 4 is 22.8 Å². The van der Waals surface area contributed by atoms with E-state index >= 15 is 0 Å². The van der Waals surface area contributed by atoms with Crippen LogP contribution in [0.5, 0.6) is 0 Å². The number of rotatable bonds is 2. The Hall–Kier alpha value is -2.77. The molecule has 8 nitrogen and oxygen atoms in total. The quantitative estimate of drug-likeness (QED) is 0.744. The summed E-state index contributed by atoms with van der Waals surface area (Å²) >= 11 is 0. The van der Waals surface area contributed by atoms with E-state index in [1.165, 1.54) is 0 Å². The molecule has 0 spiro atoms. The topological polar surface area (TPSA) is 86.7 Å². The lowest BCUT2D eigenvalue weighted by Gasteiger charge is -2.24. The van der Waals surface area contributed by atoms with Crippen molar-refractivity contribution in [1.82, 2.24) is 29.9 Å². The number of aromatic amines is 1. The number of fused-ring (bicyclic) bond motifs is 2. The van der Waals surface area contributed by atoms with E-state index in [0.717, 1.165) is 54.7 Å². The fourth-order valence-electron chi connectivity index (χ4n) is 4.28. The third-order valence-electron chi connectivity index (χ3n) is 5.73. The molecule has 2 fully saturated rings. The average molecular weight is 364 g/mol. The zero-order valence-corrected chi connectivity index (χ0v) is 15.9. The summed E-state index contributed by atoms with van der Waals surface area (Å²) in [5, 5.41) is 0. The molecule has 0 aliphatic carbocycles. The second-order valence-electron chi connectivity index (χ2n) is 8.64. The van der Waals surface area contributed by atoms with E-state index in [1.807, 2.05) is 0 Å². The highest BCUT2D eigenvalue weighted by atomic mass is 15.3. The Morgan fingerprint density at radius 3 is 2.33 bits per heavy atom. The fourth-order valence-corrected chi connectivity index (χ4v) is 4.28. The van der Waals surface area contributed by atoms with Gasteiger partial charge in [0.25, 0.3) is 0 Å². The van der Waals surface area contributed by atoms with Crippen LogP contribution in [0.15, 0.2) is 25.0 Å². The van der Waals surface area contributed by atoms with Crippen molar-refractivity contribution in [3.05, 3.63) is 30.7 Å². The van der Waals surface area contributed by atoms with Gasteiger partial charge in [-0.05, 0) is 0 Å². The van der Waals surface area contributed by atoms with Crippen LogP contribution in [0.4, 0.5) is 11.6 Å². The first-order valence-electron chi connectivity index (χ1n) is 9.45. The first kappa shape index (κ1) is 16.4. The van der Waals surface area contributed by atoms with E-state index in [4.69, 9.17) is 0 Å². The van der Waals surface area contributed by atoms with Crippen LogP contribution in [0.2, 0.25) is 0 Å². The third-order valence-corrected chi connectivity index (χ3v) is 5.73. The third kappa shape index (κ3) is 2.79. The molecule has 8 heteroatoms. The first-order valence-corrected chi connectivity index (χ1v) is 9.45. The van der Waals surface area contributed by atoms with E-state index < -0.39 is 0 Å². The molecular formula is C19H24N8. The largest absolute Gasteiger partial charge is 0.356 e. The van der Waals surface area contributed by atoms with Gasteiger partial charge in [-0.1, -0.05) is 20.8 Å². The number of imidazole rings is 1. The van der Waals surface area contributed by atoms with Gasteiger partial charge in [0, 0.05) is 49.5 Å². The van der Waals surface area contributed by atoms with Gasteiger partial charge < -0.3 is 14.8 Å². The van der Waals surface area contributed by atoms with Crippen LogP contribution in [-0.2, 0) is 5.41 Å². The lowest BCUT2D eigenvalue weighted by atomic mass is 9.92. The van der Waals surface area contributed by atoms with Gasteiger partial charge in [-0.25, -0.2) is 24.9 Å². The molecule has 2 unspecified atom stereocenters. The number of anilines is 2. The predicted octanol–water partition coefficient (Wildman–Crippen LogP) is 2.01. The van der Waals surface area contributed by atoms with Gasteiger partial charge >= 0.3 is 0 Å². The molecule has 0 radical (unpaired) electrons. The van der Waals surface area contributed by atoms with Crippen molar-refractivity contribution in [2.45, 2.75) is 26.2 Å². The molecule has 3 aromatic heterocycles. The Bertz CT molecular complexity index is 961. The molecular weight excluding hydrogens is 340 g/mol. The monoisotopic (exact) mass is 364 g/mol. The minimum atomic E-state index is 0.0343. The van der Waals surface area contributed by atoms with Crippen LogP contribution in [0.25, 0.3) is 11.2 Å². The second-order valence-corrected chi connectivity index (χ2v) is 8.64. The van der Waals surface area contributed by atoms with Crippen LogP contribution in [0.1, 0.15) is 26.5 Å². The standard InChI is InChI=1S/C19H24N8/c1-19(2,3)14-4-15(21-9-20-14)26-5-12-7-27(8-13(12)6-26)18-16-17(23-10-22-16)24-11-25-18/h4,9-13H,5-8H2,1-3H3,(H,22,23,24,25). The number of hydrogen-bond acceptors (Lipinski definition) is 7. The van der Waals surface area contributed by atoms with Crippen molar-refractivity contribution in [2.24, 2.45) is 11.8 Å². The minimum absolute atomic E-state index is 0.0343. The predicted molar refractivity (Wildman–Crippen MR) is 104 cm³/mol. The van der Waals surface area contributed by atoms with Crippen molar-refractivity contribution in [1.29, 1.82) is 0 Å². The van der Waals surface area contributed by atoms with Crippen LogP contribution in [0.3, 0.4) is 0 Å². The number of hydrogen-bond donors (Lipinski definition) is 1. The molecule has 0 saturated carbocycles. The Balaban J connectivity index is 1.33. The lowest BCUT2D eigenvalue weighted by Crippen LogP contribution is -2.30. The highest BCUT2D eigenvalue weighted by Crippen LogP contribution is 2.36. The minimum Gasteiger partial charge on any atom is -0.356 e. The molecule has 2 aliphatic heterocycles. The number of nitrogens with zero attached hydrogens (tertiary/aromatic N) is 7. The normalized spacial score (nSPS) is 22.6. The number of nitrogens with one attached hydrogen (secondary N) is 1. The lowest BCUT2D eigenvalue weighted by molar-refractivity contribution is 0.533. The molecule has 0 amide bonds. The summed E-state index contributed by atoms with van der Waals surface area (Å²) in [4.78, 5) is 29.9. The fraction of sp³-hybridized carbons (Fsp3) is 0.526. The van der Waals surface area contributed by atoms with E-state index in [-0.39, 0.29) is 5.41 Å². The smallest absolute Gasteiger partial charge is 0.182 e. The Kier molecular flexibility index (Phi) is 3.57. The maximum atomic E-state index is 4.54. The Labute approximate surface area is 158 Å². The molecule has 2 saturated heterocycles. The van der Waals surface area contributed by atoms with E-state index in [2.05, 4.69) is 66.5 Å². The van der Waals surface area contributed by atoms with Crippen molar-refractivity contribution in [3.8, 4) is 0 Å². The van der Waals surface area contributed by atoms with E-state index in [1.54, 1.807) is 19.0 Å². The van der Waals surface area contributed by atoms with Crippen molar-refractivity contribution < 1.29 is 0 Å². The Morgan fingerprint density at radius 2 is 1.59 bits per heavy atom. The highest BCUT2D eigenvalue weighted by molar-refractivity contribution is 5.82. The molecule has 5 heterocycles. The maximum absolute atomic E-state index is 4.54. The number of H-pyrrole nitrogens is 1. The van der Waals surface area contributed by atoms with Gasteiger partial charge in [0.15, 0.2) is 11.5 Å². The van der Waals surface area contributed by atoms with Gasteiger partial charge in [-0.3, -0.25) is 0 Å². The zero-order valence-electron chi connectivity index (χ0n) is 15.9. The number of aromatic nitrogens is 6. The summed E-state index contributed by atoms with van der Waals surface area (Å²) in [6.07, 6.45) is 4.99. The average Bonchev–Trinajstić information content (AvgIpc) is 3.35. The molecule has 140 valence electrons. The van der Waals surface area contributed by atoms with Gasteiger partial charge in [0.2, 0.25) is 0 Å². The zero-order chi connectivity index (χ0) is 18.6. The summed E-state index contributed by atoms with van der Waals surface area (Å²) in [6.45, 7) is 10.6. The SMILES string of the molecule is CC(C)(C)c1cc(N2CC3CN(c4ncnc5nc[nH]c45)CC3C2)ncn1. The molecule has 3 aromatic rings. The summed E-state index contributed by atoms with van der Waals surface area (Å²) < 4.78 is 0. The van der Waals surface area contributed by atoms with Crippen LogP contribution in [-0.4, -0.2) is 56.1 Å². The van der Waals surface area contributed by atoms with Crippen molar-refractivity contribution in [2.75, 3.05) is 36.0 Å². The first-order chi connectivity index (χ1) is 13.0. The van der Waals surface area contributed by atoms with E-state index in [9.17, 15) is 0 Å². The van der Waals surface area contributed by atoms with Crippen LogP contribution < -0.4 is 9.80 Å². The summed E-state index contributed by atoms with van der Waals surface area (Å²) in [6, 6.07) is 2.15. The summed E-state index contributed by atoms with van der Waals surface area (Å²) in [5.41, 5.74) is 2.79.